The van der Waals surface area contributed by atoms with Crippen LogP contribution in [0.25, 0.3) is 0 Å². The van der Waals surface area contributed by atoms with Crippen molar-refractivity contribution in [2.75, 3.05) is 7.11 Å². The molecule has 2 rings (SSSR count). The number of hydrogen-bond acceptors (Lipinski definition) is 3. The third kappa shape index (κ3) is 2.98. The van der Waals surface area contributed by atoms with Crippen LogP contribution in [0.1, 0.15) is 28.3 Å². The standard InChI is InChI=1S/C16H19FN2O/c1-10-6-11(2)8-12(7-10)16(19-18)14-5-4-13(20-3)9-15(14)17/h4-9,16,19H,18H2,1-3H3. The minimum atomic E-state index is -0.389. The van der Waals surface area contributed by atoms with Gasteiger partial charge in [0.1, 0.15) is 11.6 Å². The zero-order chi connectivity index (χ0) is 14.7. The Morgan fingerprint density at radius 1 is 1.10 bits per heavy atom. The predicted octanol–water partition coefficient (Wildman–Crippen LogP) is 3.00. The molecule has 0 aliphatic carbocycles. The second-order valence-corrected chi connectivity index (χ2v) is 4.91. The molecule has 4 heteroatoms. The van der Waals surface area contributed by atoms with Gasteiger partial charge in [-0.15, -0.1) is 0 Å². The van der Waals surface area contributed by atoms with E-state index >= 15 is 0 Å². The average molecular weight is 274 g/mol. The third-order valence-corrected chi connectivity index (χ3v) is 3.26. The normalized spacial score (nSPS) is 12.2. The van der Waals surface area contributed by atoms with Crippen molar-refractivity contribution in [3.05, 3.63) is 64.5 Å². The molecule has 0 amide bonds. The van der Waals surface area contributed by atoms with Crippen LogP contribution in [0.2, 0.25) is 0 Å². The van der Waals surface area contributed by atoms with Crippen LogP contribution in [0.3, 0.4) is 0 Å². The van der Waals surface area contributed by atoms with Crippen molar-refractivity contribution in [2.45, 2.75) is 19.9 Å². The highest BCUT2D eigenvalue weighted by Crippen LogP contribution is 2.27. The van der Waals surface area contributed by atoms with Gasteiger partial charge in [-0.25, -0.2) is 9.82 Å². The Balaban J connectivity index is 2.46. The monoisotopic (exact) mass is 274 g/mol. The fourth-order valence-corrected chi connectivity index (χ4v) is 2.41. The lowest BCUT2D eigenvalue weighted by atomic mass is 9.95. The average Bonchev–Trinajstić information content (AvgIpc) is 2.40. The Bertz CT molecular complexity index is 593. The molecule has 106 valence electrons. The molecule has 0 aromatic heterocycles. The van der Waals surface area contributed by atoms with Gasteiger partial charge in [0.15, 0.2) is 0 Å². The van der Waals surface area contributed by atoms with Gasteiger partial charge in [-0.3, -0.25) is 5.84 Å². The molecule has 3 N–H and O–H groups in total. The van der Waals surface area contributed by atoms with E-state index in [4.69, 9.17) is 10.6 Å². The maximum absolute atomic E-state index is 14.2. The Hall–Kier alpha value is -1.91. The highest BCUT2D eigenvalue weighted by molar-refractivity contribution is 5.39. The molecule has 0 saturated carbocycles. The number of ether oxygens (including phenoxy) is 1. The Morgan fingerprint density at radius 2 is 1.75 bits per heavy atom. The summed E-state index contributed by atoms with van der Waals surface area (Å²) in [6.07, 6.45) is 0. The van der Waals surface area contributed by atoms with E-state index in [1.54, 1.807) is 12.1 Å². The highest BCUT2D eigenvalue weighted by atomic mass is 19.1. The summed E-state index contributed by atoms with van der Waals surface area (Å²) >= 11 is 0. The van der Waals surface area contributed by atoms with Crippen LogP contribution >= 0.6 is 0 Å². The van der Waals surface area contributed by atoms with Crippen LogP contribution < -0.4 is 16.0 Å². The number of benzene rings is 2. The molecule has 2 aromatic carbocycles. The molecule has 1 atom stereocenters. The number of hydrogen-bond donors (Lipinski definition) is 2. The van der Waals surface area contributed by atoms with Gasteiger partial charge in [-0.1, -0.05) is 35.4 Å². The molecular formula is C16H19FN2O. The van der Waals surface area contributed by atoms with E-state index in [1.807, 2.05) is 26.0 Å². The summed E-state index contributed by atoms with van der Waals surface area (Å²) in [5.74, 6) is 5.78. The third-order valence-electron chi connectivity index (χ3n) is 3.26. The predicted molar refractivity (Wildman–Crippen MR) is 78.0 cm³/mol. The molecule has 0 aliphatic heterocycles. The summed E-state index contributed by atoms with van der Waals surface area (Å²) in [6.45, 7) is 4.02. The fraction of sp³-hybridized carbons (Fsp3) is 0.250. The molecule has 3 nitrogen and oxygen atoms in total. The zero-order valence-corrected chi connectivity index (χ0v) is 11.9. The van der Waals surface area contributed by atoms with Crippen LogP contribution in [0, 0.1) is 19.7 Å². The summed E-state index contributed by atoms with van der Waals surface area (Å²) in [6, 6.07) is 10.5. The molecule has 0 heterocycles. The molecule has 0 spiro atoms. The lowest BCUT2D eigenvalue weighted by Gasteiger charge is -2.19. The van der Waals surface area contributed by atoms with Crippen LogP contribution in [0.4, 0.5) is 4.39 Å². The lowest BCUT2D eigenvalue weighted by molar-refractivity contribution is 0.410. The van der Waals surface area contributed by atoms with Crippen molar-refractivity contribution in [2.24, 2.45) is 5.84 Å². The van der Waals surface area contributed by atoms with E-state index in [0.717, 1.165) is 16.7 Å². The van der Waals surface area contributed by atoms with Crippen LogP contribution in [0.5, 0.6) is 5.75 Å². The van der Waals surface area contributed by atoms with Gasteiger partial charge in [0.05, 0.1) is 13.2 Å². The molecular weight excluding hydrogens is 255 g/mol. The number of methoxy groups -OCH3 is 1. The SMILES string of the molecule is COc1ccc(C(NN)c2cc(C)cc(C)c2)c(F)c1. The smallest absolute Gasteiger partial charge is 0.132 e. The quantitative estimate of drug-likeness (QED) is 0.665. The maximum Gasteiger partial charge on any atom is 0.132 e. The second kappa shape index (κ2) is 6.03. The van der Waals surface area contributed by atoms with Gasteiger partial charge in [-0.2, -0.15) is 0 Å². The van der Waals surface area contributed by atoms with E-state index < -0.39 is 0 Å². The molecule has 0 radical (unpaired) electrons. The van der Waals surface area contributed by atoms with E-state index in [1.165, 1.54) is 13.2 Å². The van der Waals surface area contributed by atoms with E-state index in [9.17, 15) is 4.39 Å². The molecule has 0 aliphatic rings. The molecule has 2 aromatic rings. The number of hydrazine groups is 1. The van der Waals surface area contributed by atoms with Crippen molar-refractivity contribution < 1.29 is 9.13 Å². The van der Waals surface area contributed by atoms with Gasteiger partial charge in [0.25, 0.3) is 0 Å². The molecule has 0 bridgehead atoms. The topological polar surface area (TPSA) is 47.3 Å². The first-order valence-electron chi connectivity index (χ1n) is 6.43. The number of nitrogens with one attached hydrogen (secondary N) is 1. The molecule has 1 unspecified atom stereocenters. The largest absolute Gasteiger partial charge is 0.497 e. The van der Waals surface area contributed by atoms with Crippen molar-refractivity contribution >= 4 is 0 Å². The van der Waals surface area contributed by atoms with Crippen molar-refractivity contribution in [3.8, 4) is 5.75 Å². The van der Waals surface area contributed by atoms with E-state index in [0.29, 0.717) is 11.3 Å². The van der Waals surface area contributed by atoms with Crippen molar-refractivity contribution in [3.63, 3.8) is 0 Å². The Labute approximate surface area is 118 Å². The molecule has 20 heavy (non-hydrogen) atoms. The molecule has 0 saturated heterocycles. The number of aryl methyl sites for hydroxylation is 2. The van der Waals surface area contributed by atoms with Crippen LogP contribution in [-0.2, 0) is 0 Å². The van der Waals surface area contributed by atoms with Crippen molar-refractivity contribution in [1.82, 2.24) is 5.43 Å². The molecule has 0 fully saturated rings. The number of halogens is 1. The van der Waals surface area contributed by atoms with Gasteiger partial charge in [0.2, 0.25) is 0 Å². The van der Waals surface area contributed by atoms with Gasteiger partial charge >= 0.3 is 0 Å². The Kier molecular flexibility index (Phi) is 4.37. The highest BCUT2D eigenvalue weighted by Gasteiger charge is 2.17. The van der Waals surface area contributed by atoms with Crippen LogP contribution in [-0.4, -0.2) is 7.11 Å². The first kappa shape index (κ1) is 14.5. The summed E-state index contributed by atoms with van der Waals surface area (Å²) in [5, 5.41) is 0. The first-order valence-corrected chi connectivity index (χ1v) is 6.43. The minimum absolute atomic E-state index is 0.341. The summed E-state index contributed by atoms with van der Waals surface area (Å²) < 4.78 is 19.2. The van der Waals surface area contributed by atoms with Crippen molar-refractivity contribution in [1.29, 1.82) is 0 Å². The first-order chi connectivity index (χ1) is 9.55. The summed E-state index contributed by atoms with van der Waals surface area (Å²) in [7, 11) is 1.51. The van der Waals surface area contributed by atoms with Gasteiger partial charge < -0.3 is 4.74 Å². The summed E-state index contributed by atoms with van der Waals surface area (Å²) in [4.78, 5) is 0. The fourth-order valence-electron chi connectivity index (χ4n) is 2.41. The number of rotatable bonds is 4. The maximum atomic E-state index is 14.2. The van der Waals surface area contributed by atoms with Gasteiger partial charge in [-0.05, 0) is 25.5 Å². The van der Waals surface area contributed by atoms with E-state index in [2.05, 4.69) is 11.5 Å². The van der Waals surface area contributed by atoms with Crippen LogP contribution in [0.15, 0.2) is 36.4 Å². The Morgan fingerprint density at radius 3 is 2.25 bits per heavy atom. The minimum Gasteiger partial charge on any atom is -0.497 e. The second-order valence-electron chi connectivity index (χ2n) is 4.91. The lowest BCUT2D eigenvalue weighted by Crippen LogP contribution is -2.29. The van der Waals surface area contributed by atoms with E-state index in [-0.39, 0.29) is 11.9 Å². The number of nitrogens with two attached hydrogens (primary N) is 1. The summed E-state index contributed by atoms with van der Waals surface area (Å²) in [5.41, 5.74) is 6.36. The zero-order valence-electron chi connectivity index (χ0n) is 11.9. The van der Waals surface area contributed by atoms with Gasteiger partial charge in [0, 0.05) is 11.6 Å².